The lowest BCUT2D eigenvalue weighted by atomic mass is 10.1. The summed E-state index contributed by atoms with van der Waals surface area (Å²) in [6, 6.07) is 0. The Bertz CT molecular complexity index is 281. The van der Waals surface area contributed by atoms with Crippen molar-refractivity contribution in [3.05, 3.63) is 11.3 Å². The molecule has 0 aromatic carbocycles. The summed E-state index contributed by atoms with van der Waals surface area (Å²) in [6.45, 7) is 6.87. The van der Waals surface area contributed by atoms with E-state index in [0.717, 1.165) is 30.8 Å². The Morgan fingerprint density at radius 2 is 2.07 bits per heavy atom. The van der Waals surface area contributed by atoms with Crippen molar-refractivity contribution in [1.29, 1.82) is 0 Å². The van der Waals surface area contributed by atoms with Gasteiger partial charge in [0.2, 0.25) is 0 Å². The number of hydrogen-bond donors (Lipinski definition) is 1. The fraction of sp³-hybridized carbons (Fsp3) is 0.750. The Balaban J connectivity index is 2.61. The lowest BCUT2D eigenvalue weighted by Crippen LogP contribution is -2.34. The summed E-state index contributed by atoms with van der Waals surface area (Å²) in [5.41, 5.74) is 2.51. The molecule has 0 aromatic heterocycles. The van der Waals surface area contributed by atoms with Crippen molar-refractivity contribution >= 4 is 5.84 Å². The Hall–Kier alpha value is -0.830. The monoisotopic (exact) mass is 210 g/mol. The molecule has 1 N–H and O–H groups in total. The van der Waals surface area contributed by atoms with E-state index in [2.05, 4.69) is 23.7 Å². The number of aliphatic hydroxyl groups excluding tert-OH is 1. The smallest absolute Gasteiger partial charge is 0.105 e. The number of aliphatic hydroxyl groups is 1. The Morgan fingerprint density at radius 3 is 2.60 bits per heavy atom. The van der Waals surface area contributed by atoms with Gasteiger partial charge >= 0.3 is 0 Å². The van der Waals surface area contributed by atoms with E-state index >= 15 is 0 Å². The average Bonchev–Trinajstić information content (AvgIpc) is 2.21. The van der Waals surface area contributed by atoms with Crippen LogP contribution in [0, 0.1) is 0 Å². The molecule has 0 amide bonds. The van der Waals surface area contributed by atoms with Crippen molar-refractivity contribution in [2.75, 3.05) is 13.6 Å². The molecule has 3 nitrogen and oxygen atoms in total. The first-order valence-corrected chi connectivity index (χ1v) is 5.67. The third-order valence-corrected chi connectivity index (χ3v) is 3.03. The third-order valence-electron chi connectivity index (χ3n) is 3.03. The van der Waals surface area contributed by atoms with Crippen molar-refractivity contribution in [2.24, 2.45) is 4.99 Å². The lowest BCUT2D eigenvalue weighted by Gasteiger charge is -2.26. The van der Waals surface area contributed by atoms with E-state index in [1.165, 1.54) is 5.57 Å². The van der Waals surface area contributed by atoms with Crippen LogP contribution in [-0.2, 0) is 0 Å². The molecule has 0 saturated heterocycles. The zero-order chi connectivity index (χ0) is 11.4. The third kappa shape index (κ3) is 3.34. The molecule has 1 aliphatic rings. The molecular weight excluding hydrogens is 188 g/mol. The van der Waals surface area contributed by atoms with Gasteiger partial charge in [-0.1, -0.05) is 12.5 Å². The molecule has 86 valence electrons. The van der Waals surface area contributed by atoms with Crippen LogP contribution >= 0.6 is 0 Å². The molecule has 0 aliphatic carbocycles. The van der Waals surface area contributed by atoms with Gasteiger partial charge < -0.3 is 10.0 Å². The molecule has 0 aromatic rings. The minimum atomic E-state index is -0.245. The minimum Gasteiger partial charge on any atom is -0.391 e. The van der Waals surface area contributed by atoms with Gasteiger partial charge in [-0.3, -0.25) is 0 Å². The molecule has 1 rings (SSSR count). The van der Waals surface area contributed by atoms with E-state index < -0.39 is 0 Å². The zero-order valence-electron chi connectivity index (χ0n) is 10.2. The molecule has 3 heteroatoms. The Kier molecular flexibility index (Phi) is 4.33. The number of amidine groups is 1. The van der Waals surface area contributed by atoms with E-state index in [1.807, 2.05) is 14.0 Å². The van der Waals surface area contributed by atoms with Crippen LogP contribution in [0.25, 0.3) is 0 Å². The summed E-state index contributed by atoms with van der Waals surface area (Å²) in [7, 11) is 2.01. The highest BCUT2D eigenvalue weighted by Crippen LogP contribution is 2.19. The van der Waals surface area contributed by atoms with Crippen LogP contribution in [0.4, 0.5) is 0 Å². The van der Waals surface area contributed by atoms with Crippen LogP contribution in [0.3, 0.4) is 0 Å². The van der Waals surface area contributed by atoms with Gasteiger partial charge in [0.05, 0.1) is 6.10 Å². The summed E-state index contributed by atoms with van der Waals surface area (Å²) in [5, 5.41) is 9.57. The summed E-state index contributed by atoms with van der Waals surface area (Å²) in [6.07, 6.45) is 2.64. The van der Waals surface area contributed by atoms with E-state index in [0.29, 0.717) is 6.54 Å². The van der Waals surface area contributed by atoms with Gasteiger partial charge in [0.25, 0.3) is 0 Å². The van der Waals surface area contributed by atoms with Gasteiger partial charge in [0.1, 0.15) is 5.84 Å². The largest absolute Gasteiger partial charge is 0.391 e. The van der Waals surface area contributed by atoms with Crippen LogP contribution in [0.15, 0.2) is 16.3 Å². The fourth-order valence-electron chi connectivity index (χ4n) is 1.65. The number of likely N-dealkylation sites (N-methyl/N-ethyl adjacent to an activating group) is 1. The molecule has 0 bridgehead atoms. The lowest BCUT2D eigenvalue weighted by molar-refractivity contribution is 0.145. The van der Waals surface area contributed by atoms with Gasteiger partial charge in [-0.05, 0) is 26.7 Å². The van der Waals surface area contributed by atoms with Crippen molar-refractivity contribution < 1.29 is 5.11 Å². The van der Waals surface area contributed by atoms with E-state index in [4.69, 9.17) is 0 Å². The molecular formula is C12H22N2O. The first-order valence-electron chi connectivity index (χ1n) is 5.67. The van der Waals surface area contributed by atoms with Gasteiger partial charge in [-0.25, -0.2) is 4.99 Å². The SMILES string of the molecule is CCC(O)CN(C)C1=NC(C)=C(C)CC1. The van der Waals surface area contributed by atoms with Crippen LogP contribution in [-0.4, -0.2) is 35.5 Å². The molecule has 0 saturated carbocycles. The molecule has 15 heavy (non-hydrogen) atoms. The van der Waals surface area contributed by atoms with Gasteiger partial charge in [-0.15, -0.1) is 0 Å². The highest BCUT2D eigenvalue weighted by molar-refractivity contribution is 5.84. The van der Waals surface area contributed by atoms with E-state index in [1.54, 1.807) is 0 Å². The summed E-state index contributed by atoms with van der Waals surface area (Å²) < 4.78 is 0. The van der Waals surface area contributed by atoms with Crippen LogP contribution < -0.4 is 0 Å². The number of allylic oxidation sites excluding steroid dienone is 2. The van der Waals surface area contributed by atoms with Crippen molar-refractivity contribution in [3.8, 4) is 0 Å². The Morgan fingerprint density at radius 1 is 1.40 bits per heavy atom. The Labute approximate surface area is 92.5 Å². The first kappa shape index (κ1) is 12.2. The highest BCUT2D eigenvalue weighted by atomic mass is 16.3. The number of rotatable bonds is 3. The normalized spacial score (nSPS) is 18.9. The second-order valence-corrected chi connectivity index (χ2v) is 4.34. The van der Waals surface area contributed by atoms with Crippen LogP contribution in [0.2, 0.25) is 0 Å². The standard InChI is InChI=1S/C12H22N2O/c1-5-11(15)8-14(4)12-7-6-9(2)10(3)13-12/h11,15H,5-8H2,1-4H3. The van der Waals surface area contributed by atoms with E-state index in [9.17, 15) is 5.11 Å². The second kappa shape index (κ2) is 5.31. The summed E-state index contributed by atoms with van der Waals surface area (Å²) in [4.78, 5) is 6.64. The maximum Gasteiger partial charge on any atom is 0.105 e. The summed E-state index contributed by atoms with van der Waals surface area (Å²) in [5.74, 6) is 1.10. The molecule has 0 radical (unpaired) electrons. The average molecular weight is 210 g/mol. The van der Waals surface area contributed by atoms with Crippen LogP contribution in [0.1, 0.15) is 40.0 Å². The topological polar surface area (TPSA) is 35.8 Å². The molecule has 0 fully saturated rings. The van der Waals surface area contributed by atoms with Crippen molar-refractivity contribution in [2.45, 2.75) is 46.1 Å². The van der Waals surface area contributed by atoms with Crippen LogP contribution in [0.5, 0.6) is 0 Å². The minimum absolute atomic E-state index is 0.245. The maximum atomic E-state index is 9.57. The second-order valence-electron chi connectivity index (χ2n) is 4.34. The predicted molar refractivity (Wildman–Crippen MR) is 64.0 cm³/mol. The van der Waals surface area contributed by atoms with E-state index in [-0.39, 0.29) is 6.10 Å². The fourth-order valence-corrected chi connectivity index (χ4v) is 1.65. The zero-order valence-corrected chi connectivity index (χ0v) is 10.2. The number of hydrogen-bond acceptors (Lipinski definition) is 3. The molecule has 1 atom stereocenters. The highest BCUT2D eigenvalue weighted by Gasteiger charge is 2.14. The van der Waals surface area contributed by atoms with Gasteiger partial charge in [-0.2, -0.15) is 0 Å². The van der Waals surface area contributed by atoms with Gasteiger partial charge in [0.15, 0.2) is 0 Å². The molecule has 1 unspecified atom stereocenters. The predicted octanol–water partition coefficient (Wildman–Crippen LogP) is 2.18. The molecule has 1 aliphatic heterocycles. The van der Waals surface area contributed by atoms with Crippen molar-refractivity contribution in [1.82, 2.24) is 4.90 Å². The maximum absolute atomic E-state index is 9.57. The molecule has 0 spiro atoms. The number of nitrogens with zero attached hydrogens (tertiary/aromatic N) is 2. The quantitative estimate of drug-likeness (QED) is 0.775. The summed E-state index contributed by atoms with van der Waals surface area (Å²) >= 11 is 0. The first-order chi connectivity index (χ1) is 7.04. The van der Waals surface area contributed by atoms with Gasteiger partial charge in [0, 0.05) is 25.7 Å². The number of aliphatic imine (C=N–C) groups is 1. The van der Waals surface area contributed by atoms with Crippen molar-refractivity contribution in [3.63, 3.8) is 0 Å². The molecule has 1 heterocycles.